The minimum atomic E-state index is -3.65. The number of aliphatic hydroxyl groups excluding tert-OH is 1. The molecule has 0 unspecified atom stereocenters. The third-order valence-corrected chi connectivity index (χ3v) is 6.35. The molecule has 1 N–H and O–H groups in total. The summed E-state index contributed by atoms with van der Waals surface area (Å²) in [7, 11) is -3.65. The summed E-state index contributed by atoms with van der Waals surface area (Å²) in [5.74, 6) is 0. The summed E-state index contributed by atoms with van der Waals surface area (Å²) in [5, 5.41) is 14.3. The number of hydrogen-bond donors (Lipinski definition) is 1. The highest BCUT2D eigenvalue weighted by atomic mass is 32.2. The number of benzene rings is 1. The number of aromatic nitrogens is 2. The Bertz CT molecular complexity index is 830. The molecule has 3 rings (SSSR count). The van der Waals surface area contributed by atoms with Crippen LogP contribution in [-0.2, 0) is 15.4 Å². The van der Waals surface area contributed by atoms with Gasteiger partial charge in [0.2, 0.25) is 10.0 Å². The van der Waals surface area contributed by atoms with Crippen LogP contribution in [0.4, 0.5) is 0 Å². The van der Waals surface area contributed by atoms with Crippen molar-refractivity contribution in [2.75, 3.05) is 13.1 Å². The molecule has 25 heavy (non-hydrogen) atoms. The fourth-order valence-corrected chi connectivity index (χ4v) is 4.80. The monoisotopic (exact) mass is 363 g/mol. The van der Waals surface area contributed by atoms with Gasteiger partial charge in [0.25, 0.3) is 0 Å². The van der Waals surface area contributed by atoms with Crippen LogP contribution in [0.5, 0.6) is 0 Å². The lowest BCUT2D eigenvalue weighted by atomic mass is 9.92. The molecule has 6 nitrogen and oxygen atoms in total. The number of sulfonamides is 1. The van der Waals surface area contributed by atoms with Crippen LogP contribution in [0.2, 0.25) is 0 Å². The van der Waals surface area contributed by atoms with Crippen molar-refractivity contribution in [1.82, 2.24) is 14.1 Å². The van der Waals surface area contributed by atoms with E-state index in [0.29, 0.717) is 31.6 Å². The molecule has 1 fully saturated rings. The molecule has 0 atom stereocenters. The second-order valence-corrected chi connectivity index (χ2v) is 9.41. The fraction of sp³-hybridized carbons (Fsp3) is 0.500. The fourth-order valence-electron chi connectivity index (χ4n) is 3.00. The first kappa shape index (κ1) is 18.1. The quantitative estimate of drug-likeness (QED) is 0.908. The van der Waals surface area contributed by atoms with E-state index in [1.54, 1.807) is 10.9 Å². The van der Waals surface area contributed by atoms with E-state index in [1.165, 1.54) is 4.31 Å². The van der Waals surface area contributed by atoms with E-state index in [2.05, 4.69) is 5.10 Å². The van der Waals surface area contributed by atoms with Gasteiger partial charge in [0.05, 0.1) is 23.7 Å². The van der Waals surface area contributed by atoms with Gasteiger partial charge >= 0.3 is 0 Å². The van der Waals surface area contributed by atoms with E-state index in [-0.39, 0.29) is 4.90 Å². The largest absolute Gasteiger partial charge is 0.393 e. The van der Waals surface area contributed by atoms with E-state index >= 15 is 0 Å². The zero-order valence-electron chi connectivity index (χ0n) is 14.9. The van der Waals surface area contributed by atoms with Gasteiger partial charge in [0.1, 0.15) is 4.90 Å². The van der Waals surface area contributed by atoms with Gasteiger partial charge in [-0.3, -0.25) is 0 Å². The van der Waals surface area contributed by atoms with Gasteiger partial charge in [-0.1, -0.05) is 39.0 Å². The van der Waals surface area contributed by atoms with E-state index in [9.17, 15) is 13.5 Å². The van der Waals surface area contributed by atoms with Crippen LogP contribution in [0, 0.1) is 0 Å². The van der Waals surface area contributed by atoms with E-state index in [1.807, 2.05) is 51.1 Å². The summed E-state index contributed by atoms with van der Waals surface area (Å²) >= 11 is 0. The Labute approximate surface area is 149 Å². The highest BCUT2D eigenvalue weighted by Crippen LogP contribution is 2.31. The number of para-hydroxylation sites is 1. The maximum absolute atomic E-state index is 13.2. The topological polar surface area (TPSA) is 75.4 Å². The molecule has 1 aliphatic heterocycles. The highest BCUT2D eigenvalue weighted by molar-refractivity contribution is 7.89. The molecule has 0 spiro atoms. The maximum Gasteiger partial charge on any atom is 0.246 e. The molecule has 2 aromatic rings. The molecular weight excluding hydrogens is 338 g/mol. The Balaban J connectivity index is 2.06. The van der Waals surface area contributed by atoms with Gasteiger partial charge in [0, 0.05) is 18.5 Å². The normalized spacial score (nSPS) is 17.8. The Kier molecular flexibility index (Phi) is 4.74. The van der Waals surface area contributed by atoms with Crippen LogP contribution >= 0.6 is 0 Å². The average Bonchev–Trinajstić information content (AvgIpc) is 3.02. The van der Waals surface area contributed by atoms with Gasteiger partial charge in [-0.15, -0.1) is 0 Å². The summed E-state index contributed by atoms with van der Waals surface area (Å²) in [4.78, 5) is 0.250. The van der Waals surface area contributed by atoms with Crippen molar-refractivity contribution in [1.29, 1.82) is 0 Å². The first-order valence-electron chi connectivity index (χ1n) is 8.53. The molecule has 0 aliphatic carbocycles. The summed E-state index contributed by atoms with van der Waals surface area (Å²) in [6.45, 7) is 6.56. The first-order valence-corrected chi connectivity index (χ1v) is 9.97. The number of piperidine rings is 1. The molecular formula is C18H25N3O3S. The van der Waals surface area contributed by atoms with Crippen molar-refractivity contribution in [2.24, 2.45) is 0 Å². The number of aliphatic hydroxyl groups is 1. The lowest BCUT2D eigenvalue weighted by Gasteiger charge is -2.29. The van der Waals surface area contributed by atoms with Gasteiger partial charge < -0.3 is 5.11 Å². The number of hydrogen-bond acceptors (Lipinski definition) is 4. The van der Waals surface area contributed by atoms with Crippen molar-refractivity contribution >= 4 is 10.0 Å². The molecule has 0 amide bonds. The third-order valence-electron chi connectivity index (χ3n) is 4.45. The minimum Gasteiger partial charge on any atom is -0.393 e. The SMILES string of the molecule is CC(C)(C)c1nn(-c2ccccc2)cc1S(=O)(=O)N1CCC(O)CC1. The van der Waals surface area contributed by atoms with Crippen LogP contribution in [0.3, 0.4) is 0 Å². The standard InChI is InChI=1S/C18H25N3O3S/c1-18(2,3)17-16(13-21(19-17)14-7-5-4-6-8-14)25(23,24)20-11-9-15(22)10-12-20/h4-8,13,15,22H,9-12H2,1-3H3. The van der Waals surface area contributed by atoms with Gasteiger partial charge in [0.15, 0.2) is 0 Å². The molecule has 0 saturated carbocycles. The Morgan fingerprint density at radius 3 is 2.28 bits per heavy atom. The van der Waals surface area contributed by atoms with Crippen molar-refractivity contribution < 1.29 is 13.5 Å². The van der Waals surface area contributed by atoms with E-state index in [4.69, 9.17) is 0 Å². The van der Waals surface area contributed by atoms with Gasteiger partial charge in [-0.25, -0.2) is 13.1 Å². The Morgan fingerprint density at radius 1 is 1.12 bits per heavy atom. The molecule has 0 bridgehead atoms. The Morgan fingerprint density at radius 2 is 1.72 bits per heavy atom. The zero-order chi connectivity index (χ0) is 18.2. The van der Waals surface area contributed by atoms with Crippen molar-refractivity contribution in [2.45, 2.75) is 50.0 Å². The van der Waals surface area contributed by atoms with Crippen molar-refractivity contribution in [3.63, 3.8) is 0 Å². The zero-order valence-corrected chi connectivity index (χ0v) is 15.7. The molecule has 1 saturated heterocycles. The van der Waals surface area contributed by atoms with E-state index in [0.717, 1.165) is 5.69 Å². The van der Waals surface area contributed by atoms with E-state index < -0.39 is 21.5 Å². The lowest BCUT2D eigenvalue weighted by molar-refractivity contribution is 0.113. The summed E-state index contributed by atoms with van der Waals surface area (Å²) < 4.78 is 29.5. The molecule has 7 heteroatoms. The van der Waals surface area contributed by atoms with Gasteiger partial charge in [-0.2, -0.15) is 9.40 Å². The minimum absolute atomic E-state index is 0.250. The van der Waals surface area contributed by atoms with Crippen LogP contribution in [-0.4, -0.2) is 46.8 Å². The summed E-state index contributed by atoms with van der Waals surface area (Å²) in [5.41, 5.74) is 0.976. The molecule has 1 aliphatic rings. The summed E-state index contributed by atoms with van der Waals surface area (Å²) in [6.07, 6.45) is 2.13. The van der Waals surface area contributed by atoms with Crippen molar-refractivity contribution in [3.8, 4) is 5.69 Å². The molecule has 136 valence electrons. The molecule has 1 aromatic carbocycles. The molecule has 2 heterocycles. The summed E-state index contributed by atoms with van der Waals surface area (Å²) in [6, 6.07) is 9.50. The lowest BCUT2D eigenvalue weighted by Crippen LogP contribution is -2.40. The van der Waals surface area contributed by atoms with Crippen LogP contribution < -0.4 is 0 Å². The highest BCUT2D eigenvalue weighted by Gasteiger charge is 2.35. The Hall–Kier alpha value is -1.70. The third kappa shape index (κ3) is 3.63. The second-order valence-electron chi connectivity index (χ2n) is 7.51. The van der Waals surface area contributed by atoms with Gasteiger partial charge in [-0.05, 0) is 25.0 Å². The van der Waals surface area contributed by atoms with Crippen LogP contribution in [0.15, 0.2) is 41.4 Å². The number of nitrogens with zero attached hydrogens (tertiary/aromatic N) is 3. The maximum atomic E-state index is 13.2. The molecule has 0 radical (unpaired) electrons. The smallest absolute Gasteiger partial charge is 0.246 e. The second kappa shape index (κ2) is 6.55. The first-order chi connectivity index (χ1) is 11.7. The predicted octanol–water partition coefficient (Wildman–Crippen LogP) is 2.32. The average molecular weight is 363 g/mol. The van der Waals surface area contributed by atoms with Crippen LogP contribution in [0.1, 0.15) is 39.3 Å². The van der Waals surface area contributed by atoms with Crippen molar-refractivity contribution in [3.05, 3.63) is 42.2 Å². The number of rotatable bonds is 3. The van der Waals surface area contributed by atoms with Crippen LogP contribution in [0.25, 0.3) is 5.69 Å². The predicted molar refractivity (Wildman–Crippen MR) is 96.3 cm³/mol. The molecule has 1 aromatic heterocycles.